The van der Waals surface area contributed by atoms with E-state index in [2.05, 4.69) is 37.8 Å². The van der Waals surface area contributed by atoms with Gasteiger partial charge in [0.2, 0.25) is 0 Å². The molecule has 0 N–H and O–H groups in total. The van der Waals surface area contributed by atoms with Crippen molar-refractivity contribution in [2.45, 2.75) is 26.6 Å². The fourth-order valence-electron chi connectivity index (χ4n) is 2.63. The number of nitriles is 1. The fourth-order valence-corrected chi connectivity index (χ4v) is 2.63. The van der Waals surface area contributed by atoms with Gasteiger partial charge in [-0.05, 0) is 35.8 Å². The van der Waals surface area contributed by atoms with Gasteiger partial charge in [-0.15, -0.1) is 13.2 Å². The molecule has 0 aliphatic carbocycles. The average Bonchev–Trinajstić information content (AvgIpc) is 2.65. The van der Waals surface area contributed by atoms with Crippen molar-refractivity contribution in [2.24, 2.45) is 5.92 Å². The van der Waals surface area contributed by atoms with Crippen LogP contribution in [-0.4, -0.2) is 11.3 Å². The zero-order chi connectivity index (χ0) is 20.9. The van der Waals surface area contributed by atoms with Gasteiger partial charge in [-0.25, -0.2) is 0 Å². The first kappa shape index (κ1) is 21.1. The predicted octanol–water partition coefficient (Wildman–Crippen LogP) is 6.32. The molecule has 0 unspecified atom stereocenters. The Morgan fingerprint density at radius 2 is 1.93 bits per heavy atom. The molecule has 0 saturated carbocycles. The van der Waals surface area contributed by atoms with Crippen molar-refractivity contribution in [3.63, 3.8) is 0 Å². The monoisotopic (exact) mass is 386 g/mol. The maximum Gasteiger partial charge on any atom is 0.573 e. The zero-order valence-electron chi connectivity index (χ0n) is 15.8. The first-order valence-electron chi connectivity index (χ1n) is 8.71. The normalized spacial score (nSPS) is 16.1. The summed E-state index contributed by atoms with van der Waals surface area (Å²) in [6.07, 6.45) is 3.30. The van der Waals surface area contributed by atoms with Gasteiger partial charge >= 0.3 is 6.36 Å². The van der Waals surface area contributed by atoms with Crippen LogP contribution in [0.2, 0.25) is 0 Å². The summed E-state index contributed by atoms with van der Waals surface area (Å²) in [7, 11) is 0. The van der Waals surface area contributed by atoms with E-state index in [1.807, 2.05) is 12.3 Å². The molecule has 1 aliphatic heterocycles. The molecular weight excluding hydrogens is 365 g/mol. The highest BCUT2D eigenvalue weighted by atomic mass is 19.4. The van der Waals surface area contributed by atoms with Gasteiger partial charge in [0, 0.05) is 17.5 Å². The molecule has 1 aliphatic rings. The third kappa shape index (κ3) is 4.95. The molecule has 2 rings (SSSR count). The van der Waals surface area contributed by atoms with Crippen LogP contribution in [0.25, 0.3) is 5.57 Å². The van der Waals surface area contributed by atoms with Crippen LogP contribution in [-0.2, 0) is 0 Å². The summed E-state index contributed by atoms with van der Waals surface area (Å²) in [6.45, 7) is 12.0. The quantitative estimate of drug-likeness (QED) is 0.574. The number of halogens is 3. The first-order chi connectivity index (χ1) is 13.2. The lowest BCUT2D eigenvalue weighted by molar-refractivity contribution is -0.274. The second-order valence-corrected chi connectivity index (χ2v) is 6.29. The van der Waals surface area contributed by atoms with Gasteiger partial charge in [0.15, 0.2) is 0 Å². The Labute approximate surface area is 163 Å². The van der Waals surface area contributed by atoms with E-state index in [-0.39, 0.29) is 5.75 Å². The van der Waals surface area contributed by atoms with Crippen LogP contribution in [0.1, 0.15) is 25.8 Å². The minimum atomic E-state index is -4.75. The highest BCUT2D eigenvalue weighted by Gasteiger charge is 2.31. The number of hydrogen-bond donors (Lipinski definition) is 0. The van der Waals surface area contributed by atoms with Crippen LogP contribution in [0.15, 0.2) is 78.8 Å². The second-order valence-electron chi connectivity index (χ2n) is 6.29. The van der Waals surface area contributed by atoms with E-state index >= 15 is 0 Å². The largest absolute Gasteiger partial charge is 0.573 e. The number of alkyl halides is 3. The molecule has 0 saturated heterocycles. The van der Waals surface area contributed by atoms with E-state index in [0.29, 0.717) is 34.0 Å². The van der Waals surface area contributed by atoms with E-state index in [1.54, 1.807) is 17.1 Å². The number of hydrogen-bond acceptors (Lipinski definition) is 3. The van der Waals surface area contributed by atoms with Crippen molar-refractivity contribution in [1.82, 2.24) is 4.90 Å². The number of nitrogens with zero attached hydrogens (tertiary/aromatic N) is 2. The summed E-state index contributed by atoms with van der Waals surface area (Å²) in [5, 5.41) is 9.53. The highest BCUT2D eigenvalue weighted by Crippen LogP contribution is 2.36. The molecule has 0 aromatic heterocycles. The smallest absolute Gasteiger partial charge is 0.406 e. The lowest BCUT2D eigenvalue weighted by Crippen LogP contribution is -2.20. The Balaban J connectivity index is 2.44. The van der Waals surface area contributed by atoms with Crippen LogP contribution in [0, 0.1) is 17.2 Å². The molecule has 146 valence electrons. The van der Waals surface area contributed by atoms with Crippen LogP contribution < -0.4 is 4.74 Å². The summed E-state index contributed by atoms with van der Waals surface area (Å²) in [5.74, 6) is 0.0205. The summed E-state index contributed by atoms with van der Waals surface area (Å²) in [6, 6.07) is 7.61. The minimum absolute atomic E-state index is 0.311. The molecule has 1 atom stereocenters. The molecule has 0 spiro atoms. The van der Waals surface area contributed by atoms with Crippen molar-refractivity contribution in [1.29, 1.82) is 5.26 Å². The second kappa shape index (κ2) is 8.66. The average molecular weight is 386 g/mol. The first-order valence-corrected chi connectivity index (χ1v) is 8.71. The van der Waals surface area contributed by atoms with Crippen LogP contribution >= 0.6 is 0 Å². The molecule has 1 aromatic carbocycles. The van der Waals surface area contributed by atoms with Gasteiger partial charge in [-0.3, -0.25) is 0 Å². The van der Waals surface area contributed by atoms with E-state index in [9.17, 15) is 18.4 Å². The molecule has 3 nitrogen and oxygen atoms in total. The van der Waals surface area contributed by atoms with E-state index in [4.69, 9.17) is 0 Å². The summed E-state index contributed by atoms with van der Waals surface area (Å²) < 4.78 is 41.0. The number of rotatable bonds is 6. The van der Waals surface area contributed by atoms with Gasteiger partial charge < -0.3 is 9.64 Å². The van der Waals surface area contributed by atoms with E-state index in [0.717, 1.165) is 6.42 Å². The third-order valence-electron chi connectivity index (χ3n) is 4.35. The van der Waals surface area contributed by atoms with Crippen LogP contribution in [0.5, 0.6) is 5.75 Å². The van der Waals surface area contributed by atoms with Gasteiger partial charge in [0.05, 0.1) is 11.3 Å². The maximum atomic E-state index is 12.4. The van der Waals surface area contributed by atoms with Crippen molar-refractivity contribution >= 4 is 5.57 Å². The molecular formula is C22H21F3N2O. The maximum absolute atomic E-state index is 12.4. The summed E-state index contributed by atoms with van der Waals surface area (Å²) in [4.78, 5) is 1.77. The fraction of sp³-hybridized carbons (Fsp3) is 0.227. The standard InChI is InChI=1S/C22H21F3N2O/c1-5-15(3)11-12-27-16(4)20(13-18(14-26)21(27)6-2)17-7-9-19(10-8-17)28-22(23,24)25/h6-13,15H,2,4-5H2,1,3H3/b12-11-/t15-/m1/s1. The van der Waals surface area contributed by atoms with Crippen LogP contribution in [0.4, 0.5) is 13.2 Å². The molecule has 0 bridgehead atoms. The number of ether oxygens (including phenoxy) is 1. The highest BCUT2D eigenvalue weighted by molar-refractivity contribution is 5.83. The van der Waals surface area contributed by atoms with Crippen molar-refractivity contribution in [2.75, 3.05) is 0 Å². The number of allylic oxidation sites excluding steroid dienone is 5. The molecule has 0 fully saturated rings. The van der Waals surface area contributed by atoms with Gasteiger partial charge in [0.1, 0.15) is 11.8 Å². The molecule has 1 heterocycles. The summed E-state index contributed by atoms with van der Waals surface area (Å²) in [5.41, 5.74) is 2.85. The molecule has 6 heteroatoms. The van der Waals surface area contributed by atoms with Gasteiger partial charge in [-0.2, -0.15) is 5.26 Å². The topological polar surface area (TPSA) is 36.3 Å². The molecule has 0 radical (unpaired) electrons. The van der Waals surface area contributed by atoms with Crippen molar-refractivity contribution in [3.05, 3.63) is 84.4 Å². The Bertz CT molecular complexity index is 884. The van der Waals surface area contributed by atoms with E-state index < -0.39 is 6.36 Å². The third-order valence-corrected chi connectivity index (χ3v) is 4.35. The molecule has 0 amide bonds. The predicted molar refractivity (Wildman–Crippen MR) is 104 cm³/mol. The van der Waals surface area contributed by atoms with Gasteiger partial charge in [0.25, 0.3) is 0 Å². The lowest BCUT2D eigenvalue weighted by atomic mass is 9.95. The molecule has 28 heavy (non-hydrogen) atoms. The SMILES string of the molecule is C=CC1=C(C#N)C=C(c2ccc(OC(F)(F)F)cc2)C(=C)N1/C=C\[C@H](C)CC. The Morgan fingerprint density at radius 3 is 2.43 bits per heavy atom. The van der Waals surface area contributed by atoms with Crippen LogP contribution in [0.3, 0.4) is 0 Å². The molecule has 1 aromatic rings. The Hall–Kier alpha value is -3.20. The zero-order valence-corrected chi connectivity index (χ0v) is 15.8. The lowest BCUT2D eigenvalue weighted by Gasteiger charge is -2.30. The Morgan fingerprint density at radius 1 is 1.29 bits per heavy atom. The van der Waals surface area contributed by atoms with Crippen molar-refractivity contribution in [3.8, 4) is 11.8 Å². The minimum Gasteiger partial charge on any atom is -0.406 e. The number of benzene rings is 1. The van der Waals surface area contributed by atoms with E-state index in [1.165, 1.54) is 24.3 Å². The van der Waals surface area contributed by atoms with Crippen molar-refractivity contribution < 1.29 is 17.9 Å². The summed E-state index contributed by atoms with van der Waals surface area (Å²) >= 11 is 0. The van der Waals surface area contributed by atoms with Gasteiger partial charge in [-0.1, -0.05) is 51.6 Å². The Kier molecular flexibility index (Phi) is 6.53.